The summed E-state index contributed by atoms with van der Waals surface area (Å²) in [5.41, 5.74) is 1.38. The molecule has 3 heterocycles. The fourth-order valence-electron chi connectivity index (χ4n) is 5.59. The van der Waals surface area contributed by atoms with Gasteiger partial charge in [-0.2, -0.15) is 0 Å². The Morgan fingerprint density at radius 1 is 0.970 bits per heavy atom. The van der Waals surface area contributed by atoms with E-state index in [2.05, 4.69) is 5.32 Å². The van der Waals surface area contributed by atoms with E-state index < -0.39 is 17.8 Å². The second-order valence-electron chi connectivity index (χ2n) is 9.51. The molecule has 2 saturated heterocycles. The van der Waals surface area contributed by atoms with Crippen LogP contribution >= 0.6 is 0 Å². The molecule has 4 aliphatic rings. The van der Waals surface area contributed by atoms with Gasteiger partial charge in [0.05, 0.1) is 5.69 Å². The van der Waals surface area contributed by atoms with Crippen molar-refractivity contribution in [2.24, 2.45) is 5.92 Å². The fraction of sp³-hybridized carbons (Fsp3) is 0.583. The summed E-state index contributed by atoms with van der Waals surface area (Å²) in [5.74, 6) is -1.31. The first-order chi connectivity index (χ1) is 15.9. The second kappa shape index (κ2) is 8.76. The molecule has 0 bridgehead atoms. The number of anilines is 1. The minimum absolute atomic E-state index is 0.131. The van der Waals surface area contributed by atoms with Gasteiger partial charge in [0.1, 0.15) is 11.9 Å². The second-order valence-corrected chi connectivity index (χ2v) is 9.51. The van der Waals surface area contributed by atoms with E-state index in [1.54, 1.807) is 6.07 Å². The summed E-state index contributed by atoms with van der Waals surface area (Å²) in [5, 5.41) is 2.28. The first-order valence-electron chi connectivity index (χ1n) is 11.9. The number of hydrogen-bond donors (Lipinski definition) is 1. The fourth-order valence-corrected chi connectivity index (χ4v) is 5.59. The third-order valence-corrected chi connectivity index (χ3v) is 7.48. The molecule has 0 spiro atoms. The van der Waals surface area contributed by atoms with Crippen LogP contribution in [0.2, 0.25) is 0 Å². The highest BCUT2D eigenvalue weighted by atomic mass is 19.1. The summed E-state index contributed by atoms with van der Waals surface area (Å²) >= 11 is 0. The topological polar surface area (TPSA) is 90.0 Å². The van der Waals surface area contributed by atoms with E-state index in [4.69, 9.17) is 0 Å². The predicted molar refractivity (Wildman–Crippen MR) is 118 cm³/mol. The van der Waals surface area contributed by atoms with Gasteiger partial charge in [-0.3, -0.25) is 24.5 Å². The van der Waals surface area contributed by atoms with Crippen molar-refractivity contribution in [2.45, 2.75) is 57.5 Å². The molecule has 1 aliphatic carbocycles. The Balaban J connectivity index is 1.26. The van der Waals surface area contributed by atoms with E-state index in [-0.39, 0.29) is 48.6 Å². The van der Waals surface area contributed by atoms with Crippen molar-refractivity contribution in [1.82, 2.24) is 15.1 Å². The third-order valence-electron chi connectivity index (χ3n) is 7.48. The number of nitrogens with zero attached hydrogens (tertiary/aromatic N) is 3. The standard InChI is InChI=1S/C24H29FN4O4/c25-18-13-17-16(14-29(24(17)33)19-6-7-21(30)26-22(19)31)12-20(18)27-8-10-28(11-9-27)23(32)15-4-2-1-3-5-15/h12-13,15,19H,1-11,14H2,(H,26,30,31). The molecule has 1 N–H and O–H groups in total. The van der Waals surface area contributed by atoms with E-state index >= 15 is 4.39 Å². The number of imide groups is 1. The highest BCUT2D eigenvalue weighted by Gasteiger charge is 2.40. The average molecular weight is 457 g/mol. The van der Waals surface area contributed by atoms with Gasteiger partial charge in [-0.25, -0.2) is 4.39 Å². The number of carbonyl (C=O) groups excluding carboxylic acids is 4. The molecule has 3 aliphatic heterocycles. The lowest BCUT2D eigenvalue weighted by atomic mass is 9.88. The number of halogens is 1. The van der Waals surface area contributed by atoms with E-state index in [0.29, 0.717) is 37.4 Å². The van der Waals surface area contributed by atoms with Crippen LogP contribution in [0, 0.1) is 11.7 Å². The molecule has 1 aromatic carbocycles. The van der Waals surface area contributed by atoms with E-state index in [1.807, 2.05) is 9.80 Å². The van der Waals surface area contributed by atoms with Gasteiger partial charge in [-0.05, 0) is 37.0 Å². The molecule has 9 heteroatoms. The molecule has 1 unspecified atom stereocenters. The van der Waals surface area contributed by atoms with Crippen molar-refractivity contribution >= 4 is 29.3 Å². The molecule has 0 aromatic heterocycles. The van der Waals surface area contributed by atoms with Crippen molar-refractivity contribution in [3.8, 4) is 0 Å². The predicted octanol–water partition coefficient (Wildman–Crippen LogP) is 1.82. The van der Waals surface area contributed by atoms with Crippen LogP contribution in [-0.4, -0.2) is 65.6 Å². The van der Waals surface area contributed by atoms with E-state index in [1.165, 1.54) is 17.4 Å². The smallest absolute Gasteiger partial charge is 0.255 e. The minimum Gasteiger partial charge on any atom is -0.366 e. The molecule has 3 fully saturated rings. The summed E-state index contributed by atoms with van der Waals surface area (Å²) in [6.07, 6.45) is 5.83. The Morgan fingerprint density at radius 2 is 1.70 bits per heavy atom. The van der Waals surface area contributed by atoms with Gasteiger partial charge < -0.3 is 14.7 Å². The van der Waals surface area contributed by atoms with Crippen LogP contribution in [-0.2, 0) is 20.9 Å². The number of amides is 4. The Bertz CT molecular complexity index is 998. The molecule has 33 heavy (non-hydrogen) atoms. The van der Waals surface area contributed by atoms with Gasteiger partial charge in [0, 0.05) is 50.6 Å². The maximum absolute atomic E-state index is 15.0. The molecule has 4 amide bonds. The van der Waals surface area contributed by atoms with Gasteiger partial charge in [0.15, 0.2) is 0 Å². The molecule has 5 rings (SSSR count). The number of nitrogens with one attached hydrogen (secondary N) is 1. The average Bonchev–Trinajstić information content (AvgIpc) is 3.14. The summed E-state index contributed by atoms with van der Waals surface area (Å²) in [7, 11) is 0. The van der Waals surface area contributed by atoms with Crippen molar-refractivity contribution in [3.05, 3.63) is 29.1 Å². The van der Waals surface area contributed by atoms with Crippen molar-refractivity contribution in [2.75, 3.05) is 31.1 Å². The number of benzene rings is 1. The summed E-state index contributed by atoms with van der Waals surface area (Å²) in [6, 6.07) is 2.24. The van der Waals surface area contributed by atoms with Gasteiger partial charge in [-0.15, -0.1) is 0 Å². The molecular formula is C24H29FN4O4. The zero-order valence-electron chi connectivity index (χ0n) is 18.6. The van der Waals surface area contributed by atoms with Crippen LogP contribution in [0.4, 0.5) is 10.1 Å². The monoisotopic (exact) mass is 456 g/mol. The quantitative estimate of drug-likeness (QED) is 0.701. The summed E-state index contributed by atoms with van der Waals surface area (Å²) in [6.45, 7) is 2.42. The van der Waals surface area contributed by atoms with Gasteiger partial charge >= 0.3 is 0 Å². The number of hydrogen-bond acceptors (Lipinski definition) is 5. The Morgan fingerprint density at radius 3 is 2.39 bits per heavy atom. The Hall–Kier alpha value is -2.97. The Kier molecular flexibility index (Phi) is 5.80. The molecule has 176 valence electrons. The summed E-state index contributed by atoms with van der Waals surface area (Å²) < 4.78 is 15.0. The zero-order chi connectivity index (χ0) is 23.1. The van der Waals surface area contributed by atoms with Crippen LogP contribution in [0.1, 0.15) is 60.9 Å². The van der Waals surface area contributed by atoms with Gasteiger partial charge in [0.2, 0.25) is 17.7 Å². The summed E-state index contributed by atoms with van der Waals surface area (Å²) in [4.78, 5) is 54.6. The van der Waals surface area contributed by atoms with Crippen LogP contribution in [0.5, 0.6) is 0 Å². The van der Waals surface area contributed by atoms with Crippen LogP contribution in [0.25, 0.3) is 0 Å². The highest BCUT2D eigenvalue weighted by molar-refractivity contribution is 6.05. The maximum Gasteiger partial charge on any atom is 0.255 e. The number of piperidine rings is 1. The van der Waals surface area contributed by atoms with Crippen molar-refractivity contribution in [1.29, 1.82) is 0 Å². The van der Waals surface area contributed by atoms with Crippen molar-refractivity contribution < 1.29 is 23.6 Å². The van der Waals surface area contributed by atoms with Crippen LogP contribution in [0.3, 0.4) is 0 Å². The molecule has 1 saturated carbocycles. The highest BCUT2D eigenvalue weighted by Crippen LogP contribution is 2.33. The van der Waals surface area contributed by atoms with Crippen LogP contribution < -0.4 is 10.2 Å². The lowest BCUT2D eigenvalue weighted by molar-refractivity contribution is -0.138. The molecular weight excluding hydrogens is 427 g/mol. The molecule has 1 aromatic rings. The number of fused-ring (bicyclic) bond motifs is 1. The molecule has 8 nitrogen and oxygen atoms in total. The van der Waals surface area contributed by atoms with E-state index in [9.17, 15) is 19.2 Å². The number of piperazine rings is 1. The minimum atomic E-state index is -0.719. The normalized spacial score (nSPS) is 24.2. The number of rotatable bonds is 3. The maximum atomic E-state index is 15.0. The SMILES string of the molecule is O=C1CCC(N2Cc3cc(N4CCN(C(=O)C5CCCCC5)CC4)c(F)cc3C2=O)C(=O)N1. The molecule has 0 radical (unpaired) electrons. The van der Waals surface area contributed by atoms with Gasteiger partial charge in [0.25, 0.3) is 5.91 Å². The third kappa shape index (κ3) is 4.09. The van der Waals surface area contributed by atoms with Crippen LogP contribution in [0.15, 0.2) is 12.1 Å². The van der Waals surface area contributed by atoms with Gasteiger partial charge in [-0.1, -0.05) is 19.3 Å². The largest absolute Gasteiger partial charge is 0.366 e. The lowest BCUT2D eigenvalue weighted by Gasteiger charge is -2.38. The van der Waals surface area contributed by atoms with Crippen molar-refractivity contribution in [3.63, 3.8) is 0 Å². The Labute approximate surface area is 192 Å². The lowest BCUT2D eigenvalue weighted by Crippen LogP contribution is -2.52. The zero-order valence-corrected chi connectivity index (χ0v) is 18.6. The molecule has 1 atom stereocenters. The number of carbonyl (C=O) groups is 4. The van der Waals surface area contributed by atoms with E-state index in [0.717, 1.165) is 25.7 Å². The first kappa shape index (κ1) is 21.9. The first-order valence-corrected chi connectivity index (χ1v) is 11.9.